The second kappa shape index (κ2) is 5.85. The Labute approximate surface area is 95.2 Å². The summed E-state index contributed by atoms with van der Waals surface area (Å²) in [6.07, 6.45) is 2.29. The van der Waals surface area contributed by atoms with Crippen LogP contribution in [0.2, 0.25) is 0 Å². The molecule has 0 spiro atoms. The van der Waals surface area contributed by atoms with E-state index in [2.05, 4.69) is 5.32 Å². The molecule has 0 atom stereocenters. The monoisotopic (exact) mass is 217 g/mol. The zero-order valence-electron chi connectivity index (χ0n) is 9.44. The van der Waals surface area contributed by atoms with Crippen LogP contribution in [0.15, 0.2) is 36.0 Å². The van der Waals surface area contributed by atoms with Crippen LogP contribution >= 0.6 is 0 Å². The summed E-state index contributed by atoms with van der Waals surface area (Å²) >= 11 is 0. The van der Waals surface area contributed by atoms with Gasteiger partial charge in [-0.1, -0.05) is 44.2 Å². The van der Waals surface area contributed by atoms with Gasteiger partial charge in [0.25, 0.3) is 0 Å². The van der Waals surface area contributed by atoms with Gasteiger partial charge in [-0.15, -0.1) is 0 Å². The molecule has 0 radical (unpaired) electrons. The van der Waals surface area contributed by atoms with E-state index in [4.69, 9.17) is 0 Å². The second-order valence-electron chi connectivity index (χ2n) is 3.77. The molecule has 0 aliphatic heterocycles. The molecule has 0 aliphatic carbocycles. The quantitative estimate of drug-likeness (QED) is 0.619. The highest BCUT2D eigenvalue weighted by molar-refractivity contribution is 5.90. The Morgan fingerprint density at radius 3 is 2.38 bits per heavy atom. The maximum Gasteiger partial charge on any atom is 0.227 e. The van der Waals surface area contributed by atoms with E-state index < -0.39 is 0 Å². The van der Waals surface area contributed by atoms with E-state index in [1.165, 1.54) is 0 Å². The summed E-state index contributed by atoms with van der Waals surface area (Å²) in [5, 5.41) is 2.57. The summed E-state index contributed by atoms with van der Waals surface area (Å²) in [6.45, 7) is 3.56. The van der Waals surface area contributed by atoms with E-state index in [9.17, 15) is 9.59 Å². The van der Waals surface area contributed by atoms with E-state index >= 15 is 0 Å². The SMILES string of the molecule is CC(C)C(=O)NC(C=O)=Cc1ccccc1. The lowest BCUT2D eigenvalue weighted by molar-refractivity contribution is -0.124. The summed E-state index contributed by atoms with van der Waals surface area (Å²) in [4.78, 5) is 22.2. The van der Waals surface area contributed by atoms with Crippen molar-refractivity contribution in [3.63, 3.8) is 0 Å². The van der Waals surface area contributed by atoms with Crippen molar-refractivity contribution < 1.29 is 9.59 Å². The molecular weight excluding hydrogens is 202 g/mol. The first-order chi connectivity index (χ1) is 7.63. The number of allylic oxidation sites excluding steroid dienone is 1. The molecule has 0 saturated heterocycles. The number of nitrogens with one attached hydrogen (secondary N) is 1. The zero-order chi connectivity index (χ0) is 12.0. The highest BCUT2D eigenvalue weighted by atomic mass is 16.2. The number of aldehydes is 1. The van der Waals surface area contributed by atoms with Crippen LogP contribution in [0.3, 0.4) is 0 Å². The Bertz CT molecular complexity index is 394. The minimum Gasteiger partial charge on any atom is -0.323 e. The van der Waals surface area contributed by atoms with Crippen LogP contribution in [-0.2, 0) is 9.59 Å². The fourth-order valence-electron chi connectivity index (χ4n) is 1.11. The van der Waals surface area contributed by atoms with Gasteiger partial charge >= 0.3 is 0 Å². The fraction of sp³-hybridized carbons (Fsp3) is 0.231. The van der Waals surface area contributed by atoms with Gasteiger partial charge in [-0.05, 0) is 11.6 Å². The van der Waals surface area contributed by atoms with Gasteiger partial charge < -0.3 is 5.32 Å². The molecule has 0 heterocycles. The highest BCUT2D eigenvalue weighted by Gasteiger charge is 2.07. The Morgan fingerprint density at radius 2 is 1.88 bits per heavy atom. The smallest absolute Gasteiger partial charge is 0.227 e. The van der Waals surface area contributed by atoms with E-state index in [-0.39, 0.29) is 17.5 Å². The first-order valence-corrected chi connectivity index (χ1v) is 5.16. The number of benzene rings is 1. The van der Waals surface area contributed by atoms with Crippen LogP contribution in [-0.4, -0.2) is 12.2 Å². The molecule has 3 heteroatoms. The number of rotatable bonds is 4. The van der Waals surface area contributed by atoms with E-state index in [1.54, 1.807) is 19.9 Å². The van der Waals surface area contributed by atoms with Gasteiger partial charge in [0, 0.05) is 5.92 Å². The van der Waals surface area contributed by atoms with Gasteiger partial charge in [0.05, 0.1) is 5.70 Å². The maximum absolute atomic E-state index is 11.4. The lowest BCUT2D eigenvalue weighted by atomic mass is 10.1. The van der Waals surface area contributed by atoms with Gasteiger partial charge in [0.15, 0.2) is 6.29 Å². The molecular formula is C13H15NO2. The average Bonchev–Trinajstić information content (AvgIpc) is 2.29. The molecule has 1 rings (SSSR count). The molecule has 0 aliphatic rings. The lowest BCUT2D eigenvalue weighted by Crippen LogP contribution is -2.27. The number of amides is 1. The van der Waals surface area contributed by atoms with Crippen molar-refractivity contribution >= 4 is 18.3 Å². The third kappa shape index (κ3) is 3.69. The van der Waals surface area contributed by atoms with E-state index in [0.717, 1.165) is 5.56 Å². The van der Waals surface area contributed by atoms with Crippen LogP contribution in [0.25, 0.3) is 6.08 Å². The Hall–Kier alpha value is -1.90. The summed E-state index contributed by atoms with van der Waals surface area (Å²) in [5.41, 5.74) is 1.17. The van der Waals surface area contributed by atoms with Crippen molar-refractivity contribution in [2.45, 2.75) is 13.8 Å². The molecule has 1 N–H and O–H groups in total. The molecule has 0 fully saturated rings. The van der Waals surface area contributed by atoms with Crippen LogP contribution in [0.5, 0.6) is 0 Å². The lowest BCUT2D eigenvalue weighted by Gasteiger charge is -2.06. The van der Waals surface area contributed by atoms with Crippen molar-refractivity contribution in [1.29, 1.82) is 0 Å². The molecule has 0 saturated carbocycles. The summed E-state index contributed by atoms with van der Waals surface area (Å²) in [6, 6.07) is 9.37. The van der Waals surface area contributed by atoms with Crippen molar-refractivity contribution in [3.8, 4) is 0 Å². The minimum atomic E-state index is -0.158. The molecule has 1 aromatic carbocycles. The third-order valence-corrected chi connectivity index (χ3v) is 2.04. The first kappa shape index (κ1) is 12.2. The van der Waals surface area contributed by atoms with Gasteiger partial charge in [0.2, 0.25) is 5.91 Å². The van der Waals surface area contributed by atoms with Crippen molar-refractivity contribution in [3.05, 3.63) is 41.6 Å². The highest BCUT2D eigenvalue weighted by Crippen LogP contribution is 2.04. The Balaban J connectivity index is 2.79. The van der Waals surface area contributed by atoms with Crippen LogP contribution in [0.4, 0.5) is 0 Å². The molecule has 84 valence electrons. The van der Waals surface area contributed by atoms with Crippen LogP contribution in [0.1, 0.15) is 19.4 Å². The predicted molar refractivity (Wildman–Crippen MR) is 63.5 cm³/mol. The van der Waals surface area contributed by atoms with E-state index in [1.807, 2.05) is 30.3 Å². The van der Waals surface area contributed by atoms with Gasteiger partial charge in [-0.25, -0.2) is 0 Å². The Morgan fingerprint density at radius 1 is 1.25 bits per heavy atom. The molecule has 16 heavy (non-hydrogen) atoms. The van der Waals surface area contributed by atoms with Crippen molar-refractivity contribution in [2.75, 3.05) is 0 Å². The number of hydrogen-bond acceptors (Lipinski definition) is 2. The zero-order valence-corrected chi connectivity index (χ0v) is 9.44. The fourth-order valence-corrected chi connectivity index (χ4v) is 1.11. The summed E-state index contributed by atoms with van der Waals surface area (Å²) in [5.74, 6) is -0.298. The standard InChI is InChI=1S/C13H15NO2/c1-10(2)13(16)14-12(9-15)8-11-6-4-3-5-7-11/h3-10H,1-2H3,(H,14,16). The number of carbonyl (C=O) groups excluding carboxylic acids is 2. The average molecular weight is 217 g/mol. The topological polar surface area (TPSA) is 46.2 Å². The normalized spacial score (nSPS) is 11.3. The van der Waals surface area contributed by atoms with Crippen LogP contribution in [0, 0.1) is 5.92 Å². The van der Waals surface area contributed by atoms with Gasteiger partial charge in [0.1, 0.15) is 0 Å². The van der Waals surface area contributed by atoms with Gasteiger partial charge in [-0.2, -0.15) is 0 Å². The maximum atomic E-state index is 11.4. The first-order valence-electron chi connectivity index (χ1n) is 5.16. The summed E-state index contributed by atoms with van der Waals surface area (Å²) in [7, 11) is 0. The molecule has 3 nitrogen and oxygen atoms in total. The van der Waals surface area contributed by atoms with E-state index in [0.29, 0.717) is 6.29 Å². The number of hydrogen-bond donors (Lipinski definition) is 1. The summed E-state index contributed by atoms with van der Waals surface area (Å²) < 4.78 is 0. The Kier molecular flexibility index (Phi) is 4.45. The number of carbonyl (C=O) groups is 2. The molecule has 0 bridgehead atoms. The largest absolute Gasteiger partial charge is 0.323 e. The second-order valence-corrected chi connectivity index (χ2v) is 3.77. The van der Waals surface area contributed by atoms with Crippen molar-refractivity contribution in [2.24, 2.45) is 5.92 Å². The predicted octanol–water partition coefficient (Wildman–Crippen LogP) is 2.00. The van der Waals surface area contributed by atoms with Crippen molar-refractivity contribution in [1.82, 2.24) is 5.32 Å². The minimum absolute atomic E-state index is 0.140. The molecule has 0 aromatic heterocycles. The molecule has 1 amide bonds. The van der Waals surface area contributed by atoms with Gasteiger partial charge in [-0.3, -0.25) is 9.59 Å². The third-order valence-electron chi connectivity index (χ3n) is 2.04. The molecule has 0 unspecified atom stereocenters. The molecule has 1 aromatic rings. The van der Waals surface area contributed by atoms with Crippen LogP contribution < -0.4 is 5.32 Å².